The fourth-order valence-electron chi connectivity index (χ4n) is 2.43. The van der Waals surface area contributed by atoms with Crippen molar-refractivity contribution in [2.75, 3.05) is 0 Å². The third-order valence-corrected chi connectivity index (χ3v) is 3.58. The van der Waals surface area contributed by atoms with E-state index in [0.29, 0.717) is 0 Å². The van der Waals surface area contributed by atoms with Gasteiger partial charge in [0.05, 0.1) is 11.4 Å². The lowest BCUT2D eigenvalue weighted by Gasteiger charge is -2.07. The second-order valence-electron chi connectivity index (χ2n) is 5.17. The molecule has 0 amide bonds. The standard InChI is InChI=1S/C17H18N4/c1-12(18)17-13(2)21(20-19-17)16-10-8-15(9-11-16)14-6-4-3-5-7-14/h3-12H,18H2,1-2H3. The summed E-state index contributed by atoms with van der Waals surface area (Å²) < 4.78 is 1.83. The number of hydrogen-bond donors (Lipinski definition) is 1. The van der Waals surface area contributed by atoms with Gasteiger partial charge in [0.1, 0.15) is 5.69 Å². The highest BCUT2D eigenvalue weighted by molar-refractivity contribution is 5.64. The molecule has 2 aromatic carbocycles. The van der Waals surface area contributed by atoms with E-state index < -0.39 is 0 Å². The lowest BCUT2D eigenvalue weighted by Crippen LogP contribution is -2.07. The van der Waals surface area contributed by atoms with Gasteiger partial charge in [0.15, 0.2) is 0 Å². The molecule has 3 rings (SSSR count). The van der Waals surface area contributed by atoms with Gasteiger partial charge in [0.25, 0.3) is 0 Å². The summed E-state index contributed by atoms with van der Waals surface area (Å²) in [5.74, 6) is 0. The van der Waals surface area contributed by atoms with Crippen molar-refractivity contribution in [1.29, 1.82) is 0 Å². The van der Waals surface area contributed by atoms with Crippen molar-refractivity contribution < 1.29 is 0 Å². The zero-order valence-electron chi connectivity index (χ0n) is 12.2. The topological polar surface area (TPSA) is 56.7 Å². The van der Waals surface area contributed by atoms with E-state index in [2.05, 4.69) is 46.7 Å². The van der Waals surface area contributed by atoms with Gasteiger partial charge in [-0.1, -0.05) is 47.7 Å². The Bertz CT molecular complexity index is 727. The van der Waals surface area contributed by atoms with Crippen LogP contribution in [0.2, 0.25) is 0 Å². The molecule has 0 aliphatic heterocycles. The Morgan fingerprint density at radius 1 is 0.952 bits per heavy atom. The molecule has 0 radical (unpaired) electrons. The summed E-state index contributed by atoms with van der Waals surface area (Å²) in [5.41, 5.74) is 11.1. The number of rotatable bonds is 3. The fourth-order valence-corrected chi connectivity index (χ4v) is 2.43. The number of aromatic nitrogens is 3. The average Bonchev–Trinajstić information content (AvgIpc) is 2.90. The summed E-state index contributed by atoms with van der Waals surface area (Å²) in [6.07, 6.45) is 0. The molecule has 3 aromatic rings. The first kappa shape index (κ1) is 13.5. The van der Waals surface area contributed by atoms with Crippen molar-refractivity contribution in [1.82, 2.24) is 15.0 Å². The molecular formula is C17H18N4. The van der Waals surface area contributed by atoms with Gasteiger partial charge in [0, 0.05) is 6.04 Å². The van der Waals surface area contributed by atoms with Gasteiger partial charge in [-0.3, -0.25) is 0 Å². The minimum Gasteiger partial charge on any atom is -0.323 e. The predicted octanol–water partition coefficient (Wildman–Crippen LogP) is 3.26. The molecule has 1 heterocycles. The van der Waals surface area contributed by atoms with Crippen molar-refractivity contribution in [3.8, 4) is 16.8 Å². The Morgan fingerprint density at radius 3 is 2.14 bits per heavy atom. The third-order valence-electron chi connectivity index (χ3n) is 3.58. The van der Waals surface area contributed by atoms with Gasteiger partial charge in [-0.05, 0) is 37.1 Å². The Morgan fingerprint density at radius 2 is 1.57 bits per heavy atom. The van der Waals surface area contributed by atoms with Crippen molar-refractivity contribution in [2.24, 2.45) is 5.73 Å². The first-order chi connectivity index (χ1) is 10.2. The van der Waals surface area contributed by atoms with Gasteiger partial charge in [-0.15, -0.1) is 5.10 Å². The molecule has 4 heteroatoms. The summed E-state index contributed by atoms with van der Waals surface area (Å²) >= 11 is 0. The Hall–Kier alpha value is -2.46. The van der Waals surface area contributed by atoms with E-state index in [4.69, 9.17) is 5.73 Å². The largest absolute Gasteiger partial charge is 0.323 e. The van der Waals surface area contributed by atoms with E-state index in [9.17, 15) is 0 Å². The predicted molar refractivity (Wildman–Crippen MR) is 84.1 cm³/mol. The molecular weight excluding hydrogens is 260 g/mol. The Kier molecular flexibility index (Phi) is 3.54. The van der Waals surface area contributed by atoms with E-state index in [1.807, 2.05) is 36.7 Å². The summed E-state index contributed by atoms with van der Waals surface area (Å²) in [6, 6.07) is 18.5. The van der Waals surface area contributed by atoms with Gasteiger partial charge >= 0.3 is 0 Å². The monoisotopic (exact) mass is 278 g/mol. The molecule has 1 unspecified atom stereocenters. The normalized spacial score (nSPS) is 12.3. The Labute approximate surface area is 124 Å². The maximum absolute atomic E-state index is 5.89. The number of benzene rings is 2. The number of nitrogens with two attached hydrogens (primary N) is 1. The number of hydrogen-bond acceptors (Lipinski definition) is 3. The second kappa shape index (κ2) is 5.50. The van der Waals surface area contributed by atoms with Crippen LogP contribution in [0.15, 0.2) is 54.6 Å². The van der Waals surface area contributed by atoms with Crippen LogP contribution in [0.3, 0.4) is 0 Å². The van der Waals surface area contributed by atoms with Gasteiger partial charge in [-0.2, -0.15) is 0 Å². The molecule has 1 aromatic heterocycles. The van der Waals surface area contributed by atoms with Crippen LogP contribution < -0.4 is 5.73 Å². The zero-order valence-corrected chi connectivity index (χ0v) is 12.2. The molecule has 4 nitrogen and oxygen atoms in total. The van der Waals surface area contributed by atoms with E-state index in [1.165, 1.54) is 11.1 Å². The lowest BCUT2D eigenvalue weighted by atomic mass is 10.1. The number of nitrogens with zero attached hydrogens (tertiary/aromatic N) is 3. The van der Waals surface area contributed by atoms with Crippen molar-refractivity contribution in [3.05, 3.63) is 66.0 Å². The molecule has 0 saturated heterocycles. The van der Waals surface area contributed by atoms with Gasteiger partial charge in [0.2, 0.25) is 0 Å². The van der Waals surface area contributed by atoms with Crippen LogP contribution in [0.5, 0.6) is 0 Å². The molecule has 2 N–H and O–H groups in total. The van der Waals surface area contributed by atoms with Crippen LogP contribution >= 0.6 is 0 Å². The maximum atomic E-state index is 5.89. The smallest absolute Gasteiger partial charge is 0.102 e. The fraction of sp³-hybridized carbons (Fsp3) is 0.176. The molecule has 0 spiro atoms. The lowest BCUT2D eigenvalue weighted by molar-refractivity contribution is 0.756. The highest BCUT2D eigenvalue weighted by Crippen LogP contribution is 2.22. The van der Waals surface area contributed by atoms with Crippen LogP contribution in [0.25, 0.3) is 16.8 Å². The van der Waals surface area contributed by atoms with Crippen molar-refractivity contribution in [2.45, 2.75) is 19.9 Å². The molecule has 1 atom stereocenters. The highest BCUT2D eigenvalue weighted by atomic mass is 15.4. The summed E-state index contributed by atoms with van der Waals surface area (Å²) in [6.45, 7) is 3.91. The average molecular weight is 278 g/mol. The maximum Gasteiger partial charge on any atom is 0.102 e. The molecule has 0 aliphatic rings. The summed E-state index contributed by atoms with van der Waals surface area (Å²) in [4.78, 5) is 0. The van der Waals surface area contributed by atoms with E-state index in [-0.39, 0.29) is 6.04 Å². The summed E-state index contributed by atoms with van der Waals surface area (Å²) in [7, 11) is 0. The van der Waals surface area contributed by atoms with Crippen LogP contribution in [0.4, 0.5) is 0 Å². The molecule has 0 fully saturated rings. The first-order valence-corrected chi connectivity index (χ1v) is 7.00. The quantitative estimate of drug-likeness (QED) is 0.800. The van der Waals surface area contributed by atoms with Crippen LogP contribution in [0.1, 0.15) is 24.4 Å². The molecule has 0 bridgehead atoms. The first-order valence-electron chi connectivity index (χ1n) is 7.00. The van der Waals surface area contributed by atoms with E-state index in [1.54, 1.807) is 0 Å². The van der Waals surface area contributed by atoms with Gasteiger partial charge in [-0.25, -0.2) is 4.68 Å². The summed E-state index contributed by atoms with van der Waals surface area (Å²) in [5, 5.41) is 8.36. The second-order valence-corrected chi connectivity index (χ2v) is 5.17. The van der Waals surface area contributed by atoms with Gasteiger partial charge < -0.3 is 5.73 Å². The van der Waals surface area contributed by atoms with E-state index >= 15 is 0 Å². The minimum absolute atomic E-state index is 0.109. The minimum atomic E-state index is -0.109. The van der Waals surface area contributed by atoms with Crippen LogP contribution in [-0.4, -0.2) is 15.0 Å². The zero-order chi connectivity index (χ0) is 14.8. The van der Waals surface area contributed by atoms with Crippen molar-refractivity contribution in [3.63, 3.8) is 0 Å². The SMILES string of the molecule is Cc1c(C(C)N)nnn1-c1ccc(-c2ccccc2)cc1. The molecule has 106 valence electrons. The van der Waals surface area contributed by atoms with Crippen molar-refractivity contribution >= 4 is 0 Å². The molecule has 0 saturated carbocycles. The Balaban J connectivity index is 1.95. The van der Waals surface area contributed by atoms with Crippen LogP contribution in [-0.2, 0) is 0 Å². The van der Waals surface area contributed by atoms with Crippen LogP contribution in [0, 0.1) is 6.92 Å². The third kappa shape index (κ3) is 2.58. The molecule has 0 aliphatic carbocycles. The molecule has 21 heavy (non-hydrogen) atoms. The van der Waals surface area contributed by atoms with E-state index in [0.717, 1.165) is 17.1 Å². The highest BCUT2D eigenvalue weighted by Gasteiger charge is 2.13.